The van der Waals surface area contributed by atoms with Gasteiger partial charge in [0.2, 0.25) is 5.91 Å². The number of aromatic nitrogens is 2. The molecule has 2 N–H and O–H groups in total. The van der Waals surface area contributed by atoms with Crippen LogP contribution in [0.5, 0.6) is 0 Å². The lowest BCUT2D eigenvalue weighted by Crippen LogP contribution is -2.48. The largest absolute Gasteiger partial charge is 0.453 e. The Balaban J connectivity index is 1.52. The molecule has 2 aromatic heterocycles. The third kappa shape index (κ3) is 4.57. The van der Waals surface area contributed by atoms with Gasteiger partial charge in [0.05, 0.1) is 17.1 Å². The topological polar surface area (TPSA) is 105 Å². The fourth-order valence-electron chi connectivity index (χ4n) is 3.62. The molecule has 0 bridgehead atoms. The molecule has 9 nitrogen and oxygen atoms in total. The zero-order valence-electron chi connectivity index (χ0n) is 16.6. The lowest BCUT2D eigenvalue weighted by Gasteiger charge is -2.28. The number of halogens is 1. The second-order valence-electron chi connectivity index (χ2n) is 7.01. The van der Waals surface area contributed by atoms with Gasteiger partial charge in [-0.15, -0.1) is 0 Å². The minimum absolute atomic E-state index is 0.305. The van der Waals surface area contributed by atoms with Crippen molar-refractivity contribution in [2.24, 2.45) is 0 Å². The van der Waals surface area contributed by atoms with Gasteiger partial charge in [0.15, 0.2) is 10.8 Å². The van der Waals surface area contributed by atoms with Crippen LogP contribution in [-0.4, -0.2) is 51.9 Å². The van der Waals surface area contributed by atoms with Gasteiger partial charge in [-0.3, -0.25) is 14.0 Å². The van der Waals surface area contributed by atoms with Gasteiger partial charge in [-0.1, -0.05) is 41.7 Å². The van der Waals surface area contributed by atoms with Crippen molar-refractivity contribution >= 4 is 56.0 Å². The molecule has 31 heavy (non-hydrogen) atoms. The highest BCUT2D eigenvalue weighted by molar-refractivity contribution is 9.11. The number of benzene rings is 1. The number of carbonyl (C=O) groups is 3. The first-order chi connectivity index (χ1) is 15.0. The van der Waals surface area contributed by atoms with E-state index in [9.17, 15) is 14.4 Å². The lowest BCUT2D eigenvalue weighted by molar-refractivity contribution is -0.138. The quantitative estimate of drug-likeness (QED) is 0.553. The Kier molecular flexibility index (Phi) is 6.23. The van der Waals surface area contributed by atoms with Crippen molar-refractivity contribution in [3.8, 4) is 0 Å². The number of rotatable bonds is 5. The highest BCUT2D eigenvalue weighted by Gasteiger charge is 2.38. The first kappa shape index (κ1) is 21.3. The van der Waals surface area contributed by atoms with E-state index in [2.05, 4.69) is 36.3 Å². The van der Waals surface area contributed by atoms with Gasteiger partial charge < -0.3 is 20.3 Å². The molecule has 1 aromatic carbocycles. The summed E-state index contributed by atoms with van der Waals surface area (Å²) in [6.07, 6.45) is 4.09. The van der Waals surface area contributed by atoms with Gasteiger partial charge in [0.1, 0.15) is 12.1 Å². The first-order valence-corrected chi connectivity index (χ1v) is 11.2. The van der Waals surface area contributed by atoms with E-state index in [0.29, 0.717) is 30.8 Å². The van der Waals surface area contributed by atoms with Crippen LogP contribution in [0.4, 0.5) is 10.6 Å². The van der Waals surface area contributed by atoms with Gasteiger partial charge >= 0.3 is 6.09 Å². The summed E-state index contributed by atoms with van der Waals surface area (Å²) in [6, 6.07) is 7.29. The summed E-state index contributed by atoms with van der Waals surface area (Å²) in [5.74, 6) is -0.236. The van der Waals surface area contributed by atoms with E-state index >= 15 is 0 Å². The molecule has 1 aliphatic rings. The number of methoxy groups -OCH3 is 1. The average Bonchev–Trinajstić information content (AvgIpc) is 3.46. The van der Waals surface area contributed by atoms with E-state index < -0.39 is 18.2 Å². The molecule has 1 aliphatic heterocycles. The van der Waals surface area contributed by atoms with Crippen molar-refractivity contribution < 1.29 is 19.1 Å². The van der Waals surface area contributed by atoms with Gasteiger partial charge in [-0.2, -0.15) is 0 Å². The molecule has 3 aromatic rings. The van der Waals surface area contributed by atoms with Crippen LogP contribution in [0, 0.1) is 0 Å². The van der Waals surface area contributed by atoms with E-state index in [4.69, 9.17) is 0 Å². The molecule has 0 spiro atoms. The Bertz CT molecular complexity index is 1080. The molecule has 2 unspecified atom stereocenters. The summed E-state index contributed by atoms with van der Waals surface area (Å²) in [6.45, 7) is 0.425. The highest BCUT2D eigenvalue weighted by Crippen LogP contribution is 2.27. The van der Waals surface area contributed by atoms with Crippen LogP contribution in [0.25, 0.3) is 4.96 Å². The van der Waals surface area contributed by atoms with Crippen LogP contribution in [0.15, 0.2) is 46.5 Å². The maximum absolute atomic E-state index is 13.4. The summed E-state index contributed by atoms with van der Waals surface area (Å²) in [5, 5.41) is 5.39. The first-order valence-electron chi connectivity index (χ1n) is 9.61. The van der Waals surface area contributed by atoms with Crippen LogP contribution in [0.2, 0.25) is 0 Å². The van der Waals surface area contributed by atoms with Crippen LogP contribution in [0.3, 0.4) is 0 Å². The summed E-state index contributed by atoms with van der Waals surface area (Å²) in [5.41, 5.74) is 0.615. The van der Waals surface area contributed by atoms with Gasteiger partial charge in [-0.05, 0) is 34.3 Å². The summed E-state index contributed by atoms with van der Waals surface area (Å²) >= 11 is 4.85. The maximum Gasteiger partial charge on any atom is 0.407 e. The number of nitrogens with zero attached hydrogens (tertiary/aromatic N) is 3. The van der Waals surface area contributed by atoms with Crippen molar-refractivity contribution in [2.45, 2.75) is 24.9 Å². The molecule has 0 saturated carbocycles. The number of thiazole rings is 1. The Labute approximate surface area is 190 Å². The number of carbonyl (C=O) groups excluding carboxylic acids is 3. The molecule has 1 saturated heterocycles. The van der Waals surface area contributed by atoms with Crippen LogP contribution < -0.4 is 10.6 Å². The zero-order chi connectivity index (χ0) is 22.0. The summed E-state index contributed by atoms with van der Waals surface area (Å²) in [7, 11) is 1.24. The van der Waals surface area contributed by atoms with Crippen LogP contribution in [-0.2, 0) is 14.3 Å². The standard InChI is InChI=1S/C20H20BrN5O4S/c1-30-20(29)24-16(12-6-3-2-4-7-12)18(28)26-9-5-8-13(26)17(27)22-15-11-25-10-14(21)31-19(25)23-15/h2-4,6-7,10-11,13,16H,5,8-9H2,1H3,(H,22,27)(H,24,29). The van der Waals surface area contributed by atoms with Gasteiger partial charge in [-0.25, -0.2) is 9.78 Å². The summed E-state index contributed by atoms with van der Waals surface area (Å²) in [4.78, 5) is 44.8. The van der Waals surface area contributed by atoms with Gasteiger partial charge in [0, 0.05) is 12.7 Å². The van der Waals surface area contributed by atoms with Crippen molar-refractivity contribution in [3.63, 3.8) is 0 Å². The number of imidazole rings is 1. The molecule has 0 aliphatic carbocycles. The molecular weight excluding hydrogens is 486 g/mol. The second kappa shape index (κ2) is 9.06. The van der Waals surface area contributed by atoms with E-state index in [0.717, 1.165) is 8.75 Å². The number of hydrogen-bond acceptors (Lipinski definition) is 6. The number of likely N-dealkylation sites (tertiary alicyclic amines) is 1. The zero-order valence-corrected chi connectivity index (χ0v) is 19.0. The number of amides is 3. The predicted octanol–water partition coefficient (Wildman–Crippen LogP) is 3.19. The molecule has 3 heterocycles. The normalized spacial score (nSPS) is 16.8. The molecule has 11 heteroatoms. The van der Waals surface area contributed by atoms with Crippen molar-refractivity contribution in [1.29, 1.82) is 0 Å². The Morgan fingerprint density at radius 3 is 2.74 bits per heavy atom. The van der Waals surface area contributed by atoms with E-state index in [1.165, 1.54) is 23.3 Å². The fraction of sp³-hybridized carbons (Fsp3) is 0.300. The highest BCUT2D eigenvalue weighted by atomic mass is 79.9. The number of hydrogen-bond donors (Lipinski definition) is 2. The third-order valence-electron chi connectivity index (χ3n) is 5.04. The number of fused-ring (bicyclic) bond motifs is 1. The second-order valence-corrected chi connectivity index (χ2v) is 9.40. The number of ether oxygens (including phenoxy) is 1. The van der Waals surface area contributed by atoms with Crippen LogP contribution >= 0.6 is 27.3 Å². The third-order valence-corrected chi connectivity index (χ3v) is 6.52. The molecular formula is C20H20BrN5O4S. The van der Waals surface area contributed by atoms with E-state index in [1.807, 2.05) is 16.7 Å². The van der Waals surface area contributed by atoms with E-state index in [1.54, 1.807) is 30.5 Å². The van der Waals surface area contributed by atoms with Crippen molar-refractivity contribution in [1.82, 2.24) is 19.6 Å². The number of nitrogens with one attached hydrogen (secondary N) is 2. The minimum atomic E-state index is -0.947. The SMILES string of the molecule is COC(=O)NC(C(=O)N1CCCC1C(=O)Nc1cn2cc(Br)sc2n1)c1ccccc1. The van der Waals surface area contributed by atoms with E-state index in [-0.39, 0.29) is 11.8 Å². The maximum atomic E-state index is 13.4. The summed E-state index contributed by atoms with van der Waals surface area (Å²) < 4.78 is 7.43. The molecule has 162 valence electrons. The van der Waals surface area contributed by atoms with Crippen molar-refractivity contribution in [2.75, 3.05) is 19.0 Å². The monoisotopic (exact) mass is 505 g/mol. The Hall–Kier alpha value is -2.92. The number of anilines is 1. The predicted molar refractivity (Wildman–Crippen MR) is 119 cm³/mol. The molecule has 4 rings (SSSR count). The Morgan fingerprint density at radius 1 is 1.26 bits per heavy atom. The smallest absolute Gasteiger partial charge is 0.407 e. The molecule has 3 amide bonds. The number of alkyl carbamates (subject to hydrolysis) is 1. The van der Waals surface area contributed by atoms with Crippen LogP contribution in [0.1, 0.15) is 24.4 Å². The lowest BCUT2D eigenvalue weighted by atomic mass is 10.0. The van der Waals surface area contributed by atoms with Crippen molar-refractivity contribution in [3.05, 3.63) is 52.1 Å². The molecule has 2 atom stereocenters. The molecule has 1 fully saturated rings. The molecule has 0 radical (unpaired) electrons. The average molecular weight is 506 g/mol. The Morgan fingerprint density at radius 2 is 2.03 bits per heavy atom. The fourth-order valence-corrected chi connectivity index (χ4v) is 4.97. The minimum Gasteiger partial charge on any atom is -0.453 e. The van der Waals surface area contributed by atoms with Gasteiger partial charge in [0.25, 0.3) is 5.91 Å².